The van der Waals surface area contributed by atoms with Crippen molar-refractivity contribution in [2.45, 2.75) is 18.2 Å². The summed E-state index contributed by atoms with van der Waals surface area (Å²) < 4.78 is 23.9. The van der Waals surface area contributed by atoms with Gasteiger partial charge in [0.05, 0.1) is 5.75 Å². The quantitative estimate of drug-likeness (QED) is 0.640. The monoisotopic (exact) mass is 337 g/mol. The highest BCUT2D eigenvalue weighted by Gasteiger charge is 2.10. The number of nitrogens with two attached hydrogens (primary N) is 1. The average Bonchev–Trinajstić information content (AvgIpc) is 2.21. The first-order valence-corrected chi connectivity index (χ1v) is 8.93. The van der Waals surface area contributed by atoms with E-state index in [1.807, 2.05) is 25.1 Å². The molecule has 6 heteroatoms. The van der Waals surface area contributed by atoms with Crippen LogP contribution in [0.15, 0.2) is 27.6 Å². The molecule has 0 saturated heterocycles. The molecule has 0 aliphatic heterocycles. The molecule has 0 aliphatic carbocycles. The van der Waals surface area contributed by atoms with E-state index in [9.17, 15) is 8.42 Å². The molecule has 0 radical (unpaired) electrons. The molecule has 0 aliphatic rings. The minimum Gasteiger partial charge on any atom is -0.399 e. The van der Waals surface area contributed by atoms with Crippen molar-refractivity contribution >= 4 is 43.2 Å². The van der Waals surface area contributed by atoms with Crippen LogP contribution in [0.5, 0.6) is 0 Å². The number of hydrogen-bond donors (Lipinski definition) is 1. The molecule has 0 amide bonds. The second-order valence-electron chi connectivity index (χ2n) is 3.69. The fourth-order valence-electron chi connectivity index (χ4n) is 1.33. The van der Waals surface area contributed by atoms with Crippen LogP contribution in [0, 0.1) is 0 Å². The minimum atomic E-state index is -2.88. The van der Waals surface area contributed by atoms with Crippen molar-refractivity contribution < 1.29 is 8.42 Å². The zero-order valence-electron chi connectivity index (χ0n) is 9.65. The largest absolute Gasteiger partial charge is 0.399 e. The first-order valence-electron chi connectivity index (χ1n) is 5.33. The third-order valence-electron chi connectivity index (χ3n) is 2.12. The Hall–Kier alpha value is -0.200. The molecule has 0 unspecified atom stereocenters. The Morgan fingerprint density at radius 2 is 2.06 bits per heavy atom. The van der Waals surface area contributed by atoms with Crippen LogP contribution in [0.1, 0.15) is 13.3 Å². The van der Waals surface area contributed by atoms with Crippen LogP contribution >= 0.6 is 27.7 Å². The molecule has 0 heterocycles. The van der Waals surface area contributed by atoms with Gasteiger partial charge in [-0.2, -0.15) is 0 Å². The molecular formula is C11H16BrNO2S2. The first-order chi connectivity index (χ1) is 7.94. The maximum atomic E-state index is 11.5. The maximum absolute atomic E-state index is 11.5. The van der Waals surface area contributed by atoms with Gasteiger partial charge in [0.1, 0.15) is 0 Å². The zero-order chi connectivity index (χ0) is 12.9. The van der Waals surface area contributed by atoms with E-state index in [2.05, 4.69) is 15.9 Å². The van der Waals surface area contributed by atoms with Gasteiger partial charge in [-0.3, -0.25) is 0 Å². The Balaban J connectivity index is 2.51. The number of rotatable bonds is 6. The summed E-state index contributed by atoms with van der Waals surface area (Å²) in [6, 6.07) is 5.53. The van der Waals surface area contributed by atoms with Gasteiger partial charge in [-0.25, -0.2) is 8.42 Å². The molecular weight excluding hydrogens is 322 g/mol. The summed E-state index contributed by atoms with van der Waals surface area (Å²) in [5, 5.41) is 0. The van der Waals surface area contributed by atoms with Crippen LogP contribution in [-0.2, 0) is 9.84 Å². The summed E-state index contributed by atoms with van der Waals surface area (Å²) in [6.07, 6.45) is 0.679. The fraction of sp³-hybridized carbons (Fsp3) is 0.455. The zero-order valence-corrected chi connectivity index (χ0v) is 12.9. The van der Waals surface area contributed by atoms with Crippen molar-refractivity contribution in [3.8, 4) is 0 Å². The summed E-state index contributed by atoms with van der Waals surface area (Å²) in [7, 11) is -2.88. The number of thioether (sulfide) groups is 1. The highest BCUT2D eigenvalue weighted by atomic mass is 79.9. The lowest BCUT2D eigenvalue weighted by molar-refractivity contribution is 0.596. The summed E-state index contributed by atoms with van der Waals surface area (Å²) in [6.45, 7) is 1.88. The predicted molar refractivity (Wildman–Crippen MR) is 78.2 cm³/mol. The van der Waals surface area contributed by atoms with E-state index in [-0.39, 0.29) is 11.5 Å². The summed E-state index contributed by atoms with van der Waals surface area (Å²) in [5.74, 6) is 1.07. The lowest BCUT2D eigenvalue weighted by Crippen LogP contribution is -2.12. The molecule has 96 valence electrons. The van der Waals surface area contributed by atoms with E-state index in [1.165, 1.54) is 11.8 Å². The van der Waals surface area contributed by atoms with E-state index in [0.717, 1.165) is 9.37 Å². The van der Waals surface area contributed by atoms with E-state index < -0.39 is 9.84 Å². The maximum Gasteiger partial charge on any atom is 0.151 e. The second kappa shape index (κ2) is 6.66. The number of anilines is 1. The van der Waals surface area contributed by atoms with Gasteiger partial charge in [0.25, 0.3) is 0 Å². The lowest BCUT2D eigenvalue weighted by Gasteiger charge is -2.05. The van der Waals surface area contributed by atoms with E-state index in [4.69, 9.17) is 5.73 Å². The highest BCUT2D eigenvalue weighted by Crippen LogP contribution is 2.29. The normalized spacial score (nSPS) is 11.6. The summed E-state index contributed by atoms with van der Waals surface area (Å²) in [5.41, 5.74) is 6.32. The molecule has 0 aromatic heterocycles. The van der Waals surface area contributed by atoms with Crippen molar-refractivity contribution in [1.82, 2.24) is 0 Å². The number of nitrogen functional groups attached to an aromatic ring is 1. The molecule has 0 saturated carbocycles. The topological polar surface area (TPSA) is 60.2 Å². The second-order valence-corrected chi connectivity index (χ2v) is 7.98. The minimum absolute atomic E-state index is 0.225. The van der Waals surface area contributed by atoms with Crippen molar-refractivity contribution in [3.05, 3.63) is 22.7 Å². The molecule has 1 aromatic carbocycles. The third-order valence-corrected chi connectivity index (χ3v) is 6.23. The van der Waals surface area contributed by atoms with Gasteiger partial charge in [0.15, 0.2) is 9.84 Å². The molecule has 0 bridgehead atoms. The van der Waals surface area contributed by atoms with E-state index in [1.54, 1.807) is 0 Å². The average molecular weight is 338 g/mol. The van der Waals surface area contributed by atoms with Crippen LogP contribution in [0.25, 0.3) is 0 Å². The highest BCUT2D eigenvalue weighted by molar-refractivity contribution is 9.10. The van der Waals surface area contributed by atoms with Gasteiger partial charge in [-0.1, -0.05) is 6.92 Å². The van der Waals surface area contributed by atoms with Crippen LogP contribution in [0.4, 0.5) is 5.69 Å². The molecule has 2 N–H and O–H groups in total. The Morgan fingerprint density at radius 1 is 1.35 bits per heavy atom. The van der Waals surface area contributed by atoms with Crippen LogP contribution in [-0.4, -0.2) is 25.7 Å². The molecule has 0 spiro atoms. The predicted octanol–water partition coefficient (Wildman–Crippen LogP) is 2.95. The Labute approximate surface area is 115 Å². The van der Waals surface area contributed by atoms with Crippen molar-refractivity contribution in [2.24, 2.45) is 0 Å². The molecule has 0 fully saturated rings. The lowest BCUT2D eigenvalue weighted by atomic mass is 10.3. The van der Waals surface area contributed by atoms with Gasteiger partial charge in [0, 0.05) is 26.6 Å². The van der Waals surface area contributed by atoms with Crippen molar-refractivity contribution in [3.63, 3.8) is 0 Å². The fourth-order valence-corrected chi connectivity index (χ4v) is 4.82. The Morgan fingerprint density at radius 3 is 2.65 bits per heavy atom. The van der Waals surface area contributed by atoms with Crippen molar-refractivity contribution in [1.29, 1.82) is 0 Å². The van der Waals surface area contributed by atoms with Crippen molar-refractivity contribution in [2.75, 3.05) is 23.0 Å². The number of benzene rings is 1. The Bertz CT molecular complexity index is 474. The number of sulfone groups is 1. The van der Waals surface area contributed by atoms with E-state index >= 15 is 0 Å². The number of halogens is 1. The van der Waals surface area contributed by atoms with Gasteiger partial charge in [-0.15, -0.1) is 11.8 Å². The third kappa shape index (κ3) is 5.31. The van der Waals surface area contributed by atoms with Crippen LogP contribution in [0.2, 0.25) is 0 Å². The molecule has 3 nitrogen and oxygen atoms in total. The van der Waals surface area contributed by atoms with Gasteiger partial charge < -0.3 is 5.73 Å². The standard InChI is InChI=1S/C11H16BrNO2S2/c1-2-6-17(14,15)7-5-16-11-4-3-9(13)8-10(11)12/h3-4,8H,2,5-7,13H2,1H3. The smallest absolute Gasteiger partial charge is 0.151 e. The summed E-state index contributed by atoms with van der Waals surface area (Å²) in [4.78, 5) is 1.02. The first kappa shape index (κ1) is 14.9. The van der Waals surface area contributed by atoms with Crippen LogP contribution < -0.4 is 5.73 Å². The van der Waals surface area contributed by atoms with Crippen LogP contribution in [0.3, 0.4) is 0 Å². The van der Waals surface area contributed by atoms with Gasteiger partial charge in [-0.05, 0) is 40.5 Å². The van der Waals surface area contributed by atoms with Gasteiger partial charge in [0.2, 0.25) is 0 Å². The number of hydrogen-bond acceptors (Lipinski definition) is 4. The van der Waals surface area contributed by atoms with E-state index in [0.29, 0.717) is 17.9 Å². The molecule has 1 rings (SSSR count). The van der Waals surface area contributed by atoms with Gasteiger partial charge >= 0.3 is 0 Å². The molecule has 1 aromatic rings. The molecule has 17 heavy (non-hydrogen) atoms. The Kier molecular flexibility index (Phi) is 5.82. The summed E-state index contributed by atoms with van der Waals surface area (Å²) >= 11 is 4.94. The SMILES string of the molecule is CCCS(=O)(=O)CCSc1ccc(N)cc1Br. The molecule has 0 atom stereocenters.